The molecular formula is C13H15NO2. The standard InChI is InChI=1S/C13H15NO2/c1-15-12-6-3-2-5-10(12)9-11(14)13-7-4-8-16-13/h2-8,11H,9,14H2,1H3. The first-order valence-electron chi connectivity index (χ1n) is 5.22. The molecule has 0 spiro atoms. The summed E-state index contributed by atoms with van der Waals surface area (Å²) in [6.07, 6.45) is 2.34. The molecule has 0 aliphatic heterocycles. The number of methoxy groups -OCH3 is 1. The Morgan fingerprint density at radius 1 is 1.25 bits per heavy atom. The Morgan fingerprint density at radius 3 is 2.75 bits per heavy atom. The molecule has 16 heavy (non-hydrogen) atoms. The van der Waals surface area contributed by atoms with Crippen molar-refractivity contribution in [3.8, 4) is 5.75 Å². The second-order valence-electron chi connectivity index (χ2n) is 3.64. The van der Waals surface area contributed by atoms with Gasteiger partial charge in [-0.3, -0.25) is 0 Å². The third-order valence-electron chi connectivity index (χ3n) is 2.54. The molecule has 1 atom stereocenters. The van der Waals surface area contributed by atoms with Gasteiger partial charge in [-0.25, -0.2) is 0 Å². The van der Waals surface area contributed by atoms with Gasteiger partial charge in [0.25, 0.3) is 0 Å². The predicted molar refractivity (Wildman–Crippen MR) is 62.3 cm³/mol. The molecule has 1 aromatic carbocycles. The van der Waals surface area contributed by atoms with Crippen LogP contribution in [0.15, 0.2) is 47.1 Å². The minimum Gasteiger partial charge on any atom is -0.496 e. The van der Waals surface area contributed by atoms with Crippen molar-refractivity contribution in [1.29, 1.82) is 0 Å². The number of para-hydroxylation sites is 1. The van der Waals surface area contributed by atoms with Gasteiger partial charge in [-0.2, -0.15) is 0 Å². The van der Waals surface area contributed by atoms with E-state index in [1.54, 1.807) is 13.4 Å². The van der Waals surface area contributed by atoms with Crippen LogP contribution in [0.25, 0.3) is 0 Å². The van der Waals surface area contributed by atoms with Gasteiger partial charge in [0.1, 0.15) is 11.5 Å². The Hall–Kier alpha value is -1.74. The molecular weight excluding hydrogens is 202 g/mol. The van der Waals surface area contributed by atoms with Crippen molar-refractivity contribution in [2.75, 3.05) is 7.11 Å². The van der Waals surface area contributed by atoms with Gasteiger partial charge in [-0.1, -0.05) is 18.2 Å². The monoisotopic (exact) mass is 217 g/mol. The topological polar surface area (TPSA) is 48.4 Å². The van der Waals surface area contributed by atoms with Crippen molar-refractivity contribution in [1.82, 2.24) is 0 Å². The number of hydrogen-bond acceptors (Lipinski definition) is 3. The first-order chi connectivity index (χ1) is 7.81. The summed E-state index contributed by atoms with van der Waals surface area (Å²) >= 11 is 0. The summed E-state index contributed by atoms with van der Waals surface area (Å²) < 4.78 is 10.6. The molecule has 2 N–H and O–H groups in total. The van der Waals surface area contributed by atoms with E-state index >= 15 is 0 Å². The maximum Gasteiger partial charge on any atom is 0.122 e. The lowest BCUT2D eigenvalue weighted by Crippen LogP contribution is -2.12. The number of ether oxygens (including phenoxy) is 1. The minimum absolute atomic E-state index is 0.133. The van der Waals surface area contributed by atoms with Crippen LogP contribution in [0.3, 0.4) is 0 Å². The van der Waals surface area contributed by atoms with Crippen molar-refractivity contribution in [3.05, 3.63) is 54.0 Å². The molecule has 84 valence electrons. The van der Waals surface area contributed by atoms with E-state index in [1.807, 2.05) is 36.4 Å². The molecule has 3 nitrogen and oxygen atoms in total. The molecule has 2 rings (SSSR count). The Morgan fingerprint density at radius 2 is 2.06 bits per heavy atom. The van der Waals surface area contributed by atoms with Crippen LogP contribution < -0.4 is 10.5 Å². The highest BCUT2D eigenvalue weighted by Crippen LogP contribution is 2.23. The van der Waals surface area contributed by atoms with Gasteiger partial charge in [0.15, 0.2) is 0 Å². The van der Waals surface area contributed by atoms with Crippen molar-refractivity contribution in [2.45, 2.75) is 12.5 Å². The third kappa shape index (κ3) is 2.25. The van der Waals surface area contributed by atoms with Crippen LogP contribution in [-0.2, 0) is 6.42 Å². The molecule has 3 heteroatoms. The van der Waals surface area contributed by atoms with Crippen LogP contribution in [-0.4, -0.2) is 7.11 Å². The van der Waals surface area contributed by atoms with E-state index in [0.29, 0.717) is 6.42 Å². The van der Waals surface area contributed by atoms with Gasteiger partial charge in [0.2, 0.25) is 0 Å². The molecule has 0 saturated heterocycles. The van der Waals surface area contributed by atoms with Crippen LogP contribution in [0, 0.1) is 0 Å². The summed E-state index contributed by atoms with van der Waals surface area (Å²) in [6, 6.07) is 11.5. The summed E-state index contributed by atoms with van der Waals surface area (Å²) in [4.78, 5) is 0. The molecule has 0 fully saturated rings. The fraction of sp³-hybridized carbons (Fsp3) is 0.231. The SMILES string of the molecule is COc1ccccc1CC(N)c1ccco1. The fourth-order valence-electron chi connectivity index (χ4n) is 1.71. The summed E-state index contributed by atoms with van der Waals surface area (Å²) in [5, 5.41) is 0. The number of nitrogens with two attached hydrogens (primary N) is 1. The number of furan rings is 1. The second kappa shape index (κ2) is 4.86. The zero-order valence-electron chi connectivity index (χ0n) is 9.22. The average molecular weight is 217 g/mol. The maximum atomic E-state index is 6.05. The van der Waals surface area contributed by atoms with Gasteiger partial charge < -0.3 is 14.9 Å². The Kier molecular flexibility index (Phi) is 3.27. The lowest BCUT2D eigenvalue weighted by Gasteiger charge is -2.12. The van der Waals surface area contributed by atoms with E-state index in [9.17, 15) is 0 Å². The molecule has 0 aliphatic carbocycles. The second-order valence-corrected chi connectivity index (χ2v) is 3.64. The van der Waals surface area contributed by atoms with E-state index in [1.165, 1.54) is 0 Å². The number of hydrogen-bond donors (Lipinski definition) is 1. The zero-order chi connectivity index (χ0) is 11.4. The largest absolute Gasteiger partial charge is 0.496 e. The van der Waals surface area contributed by atoms with Crippen molar-refractivity contribution in [3.63, 3.8) is 0 Å². The van der Waals surface area contributed by atoms with E-state index in [4.69, 9.17) is 14.9 Å². The van der Waals surface area contributed by atoms with Crippen LogP contribution in [0.1, 0.15) is 17.4 Å². The summed E-state index contributed by atoms with van der Waals surface area (Å²) in [6.45, 7) is 0. The highest BCUT2D eigenvalue weighted by atomic mass is 16.5. The van der Waals surface area contributed by atoms with Crippen LogP contribution in [0.4, 0.5) is 0 Å². The molecule has 0 aliphatic rings. The smallest absolute Gasteiger partial charge is 0.122 e. The van der Waals surface area contributed by atoms with E-state index in [0.717, 1.165) is 17.1 Å². The van der Waals surface area contributed by atoms with E-state index < -0.39 is 0 Å². The van der Waals surface area contributed by atoms with E-state index in [-0.39, 0.29) is 6.04 Å². The highest BCUT2D eigenvalue weighted by molar-refractivity contribution is 5.34. The van der Waals surface area contributed by atoms with Crippen LogP contribution >= 0.6 is 0 Å². The Balaban J connectivity index is 2.14. The van der Waals surface area contributed by atoms with Gasteiger partial charge in [-0.15, -0.1) is 0 Å². The van der Waals surface area contributed by atoms with Gasteiger partial charge >= 0.3 is 0 Å². The van der Waals surface area contributed by atoms with Crippen molar-refractivity contribution in [2.24, 2.45) is 5.73 Å². The molecule has 1 heterocycles. The Bertz CT molecular complexity index is 437. The molecule has 1 unspecified atom stereocenters. The maximum absolute atomic E-state index is 6.05. The predicted octanol–water partition coefficient (Wildman–Crippen LogP) is 2.53. The minimum atomic E-state index is -0.133. The first kappa shape index (κ1) is 10.8. The molecule has 2 aromatic rings. The van der Waals surface area contributed by atoms with Gasteiger partial charge in [0.05, 0.1) is 19.4 Å². The zero-order valence-corrected chi connectivity index (χ0v) is 9.22. The number of benzene rings is 1. The molecule has 0 amide bonds. The lowest BCUT2D eigenvalue weighted by molar-refractivity contribution is 0.404. The fourth-order valence-corrected chi connectivity index (χ4v) is 1.71. The molecule has 1 aromatic heterocycles. The van der Waals surface area contributed by atoms with Gasteiger partial charge in [0, 0.05) is 0 Å². The molecule has 0 saturated carbocycles. The molecule has 0 radical (unpaired) electrons. The highest BCUT2D eigenvalue weighted by Gasteiger charge is 2.12. The van der Waals surface area contributed by atoms with Gasteiger partial charge in [-0.05, 0) is 30.2 Å². The van der Waals surface area contributed by atoms with Crippen molar-refractivity contribution >= 4 is 0 Å². The van der Waals surface area contributed by atoms with E-state index in [2.05, 4.69) is 0 Å². The third-order valence-corrected chi connectivity index (χ3v) is 2.54. The normalized spacial score (nSPS) is 12.4. The van der Waals surface area contributed by atoms with Crippen LogP contribution in [0.2, 0.25) is 0 Å². The molecule has 0 bridgehead atoms. The summed E-state index contributed by atoms with van der Waals surface area (Å²) in [7, 11) is 1.66. The summed E-state index contributed by atoms with van der Waals surface area (Å²) in [5.74, 6) is 1.66. The van der Waals surface area contributed by atoms with Crippen molar-refractivity contribution < 1.29 is 9.15 Å². The number of rotatable bonds is 4. The first-order valence-corrected chi connectivity index (χ1v) is 5.22. The lowest BCUT2D eigenvalue weighted by atomic mass is 10.0. The average Bonchev–Trinajstić information content (AvgIpc) is 2.83. The van der Waals surface area contributed by atoms with Crippen LogP contribution in [0.5, 0.6) is 5.75 Å². The quantitative estimate of drug-likeness (QED) is 0.856. The Labute approximate surface area is 94.8 Å². The summed E-state index contributed by atoms with van der Waals surface area (Å²) in [5.41, 5.74) is 7.14.